The lowest BCUT2D eigenvalue weighted by molar-refractivity contribution is -0.130. The molecule has 0 saturated heterocycles. The van der Waals surface area contributed by atoms with Gasteiger partial charge in [0.15, 0.2) is 11.9 Å². The van der Waals surface area contributed by atoms with E-state index in [0.717, 1.165) is 39.8 Å². The van der Waals surface area contributed by atoms with E-state index in [2.05, 4.69) is 63.0 Å². The largest absolute Gasteiger partial charge is 0.370 e. The van der Waals surface area contributed by atoms with Crippen molar-refractivity contribution in [1.82, 2.24) is 26.6 Å². The molecule has 0 aliphatic heterocycles. The normalized spacial score (nSPS) is 12.5. The van der Waals surface area contributed by atoms with Gasteiger partial charge in [-0.25, -0.2) is 0 Å². The Morgan fingerprint density at radius 1 is 0.547 bits per heavy atom. The lowest BCUT2D eigenvalue weighted by Crippen LogP contribution is -2.55. The smallest absolute Gasteiger partial charge is 0.242 e. The molecule has 12 nitrogen and oxygen atoms in total. The van der Waals surface area contributed by atoms with Crippen LogP contribution in [-0.4, -0.2) is 68.0 Å². The summed E-state index contributed by atoms with van der Waals surface area (Å²) >= 11 is 0. The van der Waals surface area contributed by atoms with E-state index in [-0.39, 0.29) is 29.8 Å². The topological polar surface area (TPSA) is 220 Å². The van der Waals surface area contributed by atoms with Crippen LogP contribution >= 0.6 is 0 Å². The van der Waals surface area contributed by atoms with E-state index in [1.807, 2.05) is 72.8 Å². The molecular formula is C41H54N10O2. The highest BCUT2D eigenvalue weighted by Crippen LogP contribution is 2.21. The van der Waals surface area contributed by atoms with Crippen molar-refractivity contribution in [3.8, 4) is 22.3 Å². The van der Waals surface area contributed by atoms with Crippen LogP contribution in [-0.2, 0) is 22.4 Å². The third-order valence-electron chi connectivity index (χ3n) is 8.84. The molecule has 0 radical (unpaired) electrons. The minimum atomic E-state index is -0.822. The number of carbonyl (C=O) groups excluding carboxylic acids is 2. The Hall–Kier alpha value is -5.72. The van der Waals surface area contributed by atoms with Crippen LogP contribution in [0.15, 0.2) is 109 Å². The Labute approximate surface area is 312 Å². The van der Waals surface area contributed by atoms with Crippen molar-refractivity contribution in [3.05, 3.63) is 120 Å². The maximum atomic E-state index is 13.9. The molecule has 0 spiro atoms. The second kappa shape index (κ2) is 21.6. The number of nitrogens with two attached hydrogens (primary N) is 3. The van der Waals surface area contributed by atoms with Gasteiger partial charge in [0, 0.05) is 38.6 Å². The first-order valence-corrected chi connectivity index (χ1v) is 18.2. The fourth-order valence-electron chi connectivity index (χ4n) is 5.98. The average Bonchev–Trinajstić information content (AvgIpc) is 3.16. The van der Waals surface area contributed by atoms with E-state index in [9.17, 15) is 9.59 Å². The van der Waals surface area contributed by atoms with E-state index >= 15 is 0 Å². The summed E-state index contributed by atoms with van der Waals surface area (Å²) in [6.45, 7) is 1.75. The molecule has 0 unspecified atom stereocenters. The summed E-state index contributed by atoms with van der Waals surface area (Å²) in [4.78, 5) is 27.5. The molecule has 0 bridgehead atoms. The van der Waals surface area contributed by atoms with Gasteiger partial charge in [0.2, 0.25) is 11.8 Å². The fraction of sp³-hybridized carbons (Fsp3) is 0.317. The standard InChI is InChI=1S/C41H54N10O2/c42-35(26-29-15-19-33(20-16-29)31-10-3-1-4-11-31)28-50-36(14-9-25-49-41(45)46)39(53)51-37(38(52)47-23-7-8-24-48-40(43)44)27-30-17-21-34(22-18-30)32-12-5-2-6-13-32/h1-6,10-13,15-22,35-37,50H,7-9,14,23-28,42H2,(H,47,52)(H,51,53)(H4,43,44,48)(H4,45,46,49)/t35-,36-,37-/m0/s1. The molecule has 53 heavy (non-hydrogen) atoms. The van der Waals surface area contributed by atoms with Crippen molar-refractivity contribution in [2.45, 2.75) is 56.7 Å². The van der Waals surface area contributed by atoms with E-state index < -0.39 is 12.1 Å². The van der Waals surface area contributed by atoms with Gasteiger partial charge in [-0.05, 0) is 65.5 Å². The first-order chi connectivity index (χ1) is 25.7. The molecule has 3 atom stereocenters. The van der Waals surface area contributed by atoms with Crippen LogP contribution in [0.2, 0.25) is 0 Å². The number of amides is 2. The van der Waals surface area contributed by atoms with Crippen molar-refractivity contribution >= 4 is 23.7 Å². The number of nitrogens with one attached hydrogen (secondary N) is 7. The molecule has 0 aliphatic carbocycles. The summed E-state index contributed by atoms with van der Waals surface area (Å²) in [6.07, 6.45) is 3.32. The van der Waals surface area contributed by atoms with Crippen LogP contribution in [0.1, 0.15) is 36.8 Å². The molecule has 0 fully saturated rings. The summed E-state index contributed by atoms with van der Waals surface area (Å²) in [5.74, 6) is -0.809. The van der Waals surface area contributed by atoms with Crippen molar-refractivity contribution in [2.75, 3.05) is 26.2 Å². The maximum absolute atomic E-state index is 13.9. The third-order valence-corrected chi connectivity index (χ3v) is 8.84. The van der Waals surface area contributed by atoms with Gasteiger partial charge in [-0.15, -0.1) is 0 Å². The molecule has 0 saturated carbocycles. The molecule has 2 amide bonds. The molecule has 0 aliphatic rings. The van der Waals surface area contributed by atoms with Crippen LogP contribution in [0.3, 0.4) is 0 Å². The van der Waals surface area contributed by atoms with Crippen LogP contribution in [0.25, 0.3) is 22.3 Å². The molecule has 13 N–H and O–H groups in total. The summed E-state index contributed by atoms with van der Waals surface area (Å²) in [6, 6.07) is 34.9. The Balaban J connectivity index is 1.41. The van der Waals surface area contributed by atoms with Gasteiger partial charge in [0.1, 0.15) is 6.04 Å². The van der Waals surface area contributed by atoms with E-state index in [1.165, 1.54) is 0 Å². The predicted octanol–water partition coefficient (Wildman–Crippen LogP) is 3.22. The Bertz CT molecular complexity index is 1720. The van der Waals surface area contributed by atoms with Gasteiger partial charge in [-0.3, -0.25) is 20.4 Å². The van der Waals surface area contributed by atoms with Crippen molar-refractivity contribution in [1.29, 1.82) is 10.8 Å². The number of benzene rings is 4. The van der Waals surface area contributed by atoms with Gasteiger partial charge < -0.3 is 43.8 Å². The van der Waals surface area contributed by atoms with Crippen LogP contribution < -0.4 is 43.8 Å². The summed E-state index contributed by atoms with van der Waals surface area (Å²) in [5, 5.41) is 29.7. The summed E-state index contributed by atoms with van der Waals surface area (Å²) in [7, 11) is 0. The monoisotopic (exact) mass is 718 g/mol. The van der Waals surface area contributed by atoms with E-state index in [1.54, 1.807) is 0 Å². The van der Waals surface area contributed by atoms with Crippen LogP contribution in [0.5, 0.6) is 0 Å². The van der Waals surface area contributed by atoms with Gasteiger partial charge in [-0.1, -0.05) is 109 Å². The number of carbonyl (C=O) groups is 2. The Morgan fingerprint density at radius 2 is 1.00 bits per heavy atom. The highest BCUT2D eigenvalue weighted by molar-refractivity contribution is 5.90. The molecule has 4 rings (SSSR count). The van der Waals surface area contributed by atoms with Gasteiger partial charge in [-0.2, -0.15) is 0 Å². The lowest BCUT2D eigenvalue weighted by atomic mass is 9.99. The van der Waals surface area contributed by atoms with E-state index in [0.29, 0.717) is 58.3 Å². The van der Waals surface area contributed by atoms with Crippen molar-refractivity contribution in [2.24, 2.45) is 17.2 Å². The lowest BCUT2D eigenvalue weighted by Gasteiger charge is -2.25. The summed E-state index contributed by atoms with van der Waals surface area (Å²) in [5.41, 5.74) is 23.8. The van der Waals surface area contributed by atoms with Crippen LogP contribution in [0, 0.1) is 10.8 Å². The zero-order valence-electron chi connectivity index (χ0n) is 30.2. The molecule has 4 aromatic carbocycles. The molecule has 12 heteroatoms. The molecule has 0 heterocycles. The van der Waals surface area contributed by atoms with E-state index in [4.69, 9.17) is 28.0 Å². The zero-order chi connectivity index (χ0) is 37.8. The van der Waals surface area contributed by atoms with Gasteiger partial charge >= 0.3 is 0 Å². The Morgan fingerprint density at radius 3 is 1.51 bits per heavy atom. The quantitative estimate of drug-likeness (QED) is 0.0349. The second-order valence-electron chi connectivity index (χ2n) is 13.1. The molecule has 0 aromatic heterocycles. The minimum Gasteiger partial charge on any atom is -0.370 e. The van der Waals surface area contributed by atoms with Gasteiger partial charge in [0.05, 0.1) is 6.04 Å². The average molecular weight is 719 g/mol. The number of guanidine groups is 2. The Kier molecular flexibility index (Phi) is 16.3. The minimum absolute atomic E-state index is 0.0891. The molecule has 4 aromatic rings. The number of hydrogen-bond donors (Lipinski definition) is 10. The highest BCUT2D eigenvalue weighted by Gasteiger charge is 2.26. The first kappa shape index (κ1) is 40.1. The second-order valence-corrected chi connectivity index (χ2v) is 13.1. The number of unbranched alkanes of at least 4 members (excludes halogenated alkanes) is 1. The molecular weight excluding hydrogens is 665 g/mol. The predicted molar refractivity (Wildman–Crippen MR) is 214 cm³/mol. The number of hydrogen-bond acceptors (Lipinski definition) is 6. The van der Waals surface area contributed by atoms with Crippen molar-refractivity contribution < 1.29 is 9.59 Å². The number of rotatable bonds is 21. The summed E-state index contributed by atoms with van der Waals surface area (Å²) < 4.78 is 0. The SMILES string of the molecule is N=C(N)NCCCCNC(=O)[C@H](Cc1ccc(-c2ccccc2)cc1)NC(=O)[C@H](CCCNC(=N)N)NC[C@@H](N)Cc1ccc(-c2ccccc2)cc1. The van der Waals surface area contributed by atoms with Crippen LogP contribution in [0.4, 0.5) is 0 Å². The van der Waals surface area contributed by atoms with Crippen molar-refractivity contribution in [3.63, 3.8) is 0 Å². The first-order valence-electron chi connectivity index (χ1n) is 18.2. The molecule has 280 valence electrons. The zero-order valence-corrected chi connectivity index (χ0v) is 30.2. The maximum Gasteiger partial charge on any atom is 0.242 e. The fourth-order valence-corrected chi connectivity index (χ4v) is 5.98. The highest BCUT2D eigenvalue weighted by atomic mass is 16.2. The third kappa shape index (κ3) is 14.4. The van der Waals surface area contributed by atoms with Gasteiger partial charge in [0.25, 0.3) is 0 Å².